The van der Waals surface area contributed by atoms with Crippen LogP contribution in [0.15, 0.2) is 42.5 Å². The first-order valence-electron chi connectivity index (χ1n) is 8.67. The molecule has 2 aromatic rings. The minimum absolute atomic E-state index is 0.311. The van der Waals surface area contributed by atoms with Gasteiger partial charge in [-0.3, -0.25) is 14.9 Å². The van der Waals surface area contributed by atoms with Crippen molar-refractivity contribution in [3.63, 3.8) is 0 Å². The Morgan fingerprint density at radius 1 is 1.17 bits per heavy atom. The predicted molar refractivity (Wildman–Crippen MR) is 106 cm³/mol. The molecule has 0 unspecified atom stereocenters. The van der Waals surface area contributed by atoms with Crippen LogP contribution in [0.2, 0.25) is 0 Å². The predicted octanol–water partition coefficient (Wildman–Crippen LogP) is 3.34. The maximum absolute atomic E-state index is 13.7. The van der Waals surface area contributed by atoms with Crippen LogP contribution in [0.5, 0.6) is 11.5 Å². The van der Waals surface area contributed by atoms with Crippen LogP contribution in [0, 0.1) is 15.9 Å². The molecule has 30 heavy (non-hydrogen) atoms. The van der Waals surface area contributed by atoms with Gasteiger partial charge in [-0.2, -0.15) is 0 Å². The van der Waals surface area contributed by atoms with Crippen molar-refractivity contribution in [2.75, 3.05) is 25.6 Å². The van der Waals surface area contributed by atoms with E-state index >= 15 is 0 Å². The van der Waals surface area contributed by atoms with Crippen LogP contribution in [-0.4, -0.2) is 37.1 Å². The number of carbonyl (C=O) groups excluding carboxylic acids is 2. The van der Waals surface area contributed by atoms with E-state index in [2.05, 4.69) is 5.32 Å². The first-order chi connectivity index (χ1) is 14.3. The van der Waals surface area contributed by atoms with Gasteiger partial charge in [0.2, 0.25) is 0 Å². The number of ether oxygens (including phenoxy) is 3. The van der Waals surface area contributed by atoms with E-state index in [0.29, 0.717) is 11.5 Å². The maximum atomic E-state index is 13.7. The smallest absolute Gasteiger partial charge is 0.344 e. The number of hydrogen-bond acceptors (Lipinski definition) is 7. The lowest BCUT2D eigenvalue weighted by atomic mass is 10.2. The van der Waals surface area contributed by atoms with Gasteiger partial charge in [0, 0.05) is 12.1 Å². The zero-order valence-corrected chi connectivity index (χ0v) is 16.2. The minimum atomic E-state index is -0.865. The number of nitrogens with zero attached hydrogens (tertiary/aromatic N) is 1. The molecule has 1 amide bonds. The van der Waals surface area contributed by atoms with E-state index in [-0.39, 0.29) is 0 Å². The fourth-order valence-electron chi connectivity index (χ4n) is 2.33. The van der Waals surface area contributed by atoms with E-state index in [9.17, 15) is 24.1 Å². The highest BCUT2D eigenvalue weighted by Crippen LogP contribution is 2.28. The summed E-state index contributed by atoms with van der Waals surface area (Å²) in [6.07, 6.45) is 3.72. The number of nitro benzene ring substituents is 1. The number of esters is 1. The van der Waals surface area contributed by atoms with Gasteiger partial charge in [-0.05, 0) is 30.7 Å². The number of nitrogens with one attached hydrogen (secondary N) is 1. The lowest BCUT2D eigenvalue weighted by molar-refractivity contribution is -0.384. The number of halogens is 1. The molecule has 158 valence electrons. The summed E-state index contributed by atoms with van der Waals surface area (Å²) >= 11 is 0. The van der Waals surface area contributed by atoms with Gasteiger partial charge in [0.15, 0.2) is 24.7 Å². The molecule has 0 fully saturated rings. The number of benzene rings is 2. The van der Waals surface area contributed by atoms with Crippen molar-refractivity contribution in [2.45, 2.75) is 6.92 Å². The molecule has 1 N–H and O–H groups in total. The summed E-state index contributed by atoms with van der Waals surface area (Å²) < 4.78 is 29.0. The maximum Gasteiger partial charge on any atom is 0.344 e. The highest BCUT2D eigenvalue weighted by atomic mass is 19.1. The zero-order chi connectivity index (χ0) is 22.1. The Balaban J connectivity index is 1.87. The third-order valence-electron chi connectivity index (χ3n) is 3.69. The highest BCUT2D eigenvalue weighted by molar-refractivity contribution is 5.93. The molecule has 0 heterocycles. The van der Waals surface area contributed by atoms with Crippen molar-refractivity contribution in [2.24, 2.45) is 0 Å². The Bertz CT molecular complexity index is 976. The molecule has 0 radical (unpaired) electrons. The molecule has 0 aliphatic carbocycles. The van der Waals surface area contributed by atoms with Crippen LogP contribution >= 0.6 is 0 Å². The van der Waals surface area contributed by atoms with E-state index < -0.39 is 47.2 Å². The summed E-state index contributed by atoms with van der Waals surface area (Å²) in [5, 5.41) is 12.8. The number of allylic oxidation sites excluding steroid dienone is 1. The Labute approximate surface area is 171 Å². The van der Waals surface area contributed by atoms with Gasteiger partial charge >= 0.3 is 5.97 Å². The molecule has 0 bridgehead atoms. The summed E-state index contributed by atoms with van der Waals surface area (Å²) in [7, 11) is 1.46. The number of carbonyl (C=O) groups is 2. The van der Waals surface area contributed by atoms with E-state index in [0.717, 1.165) is 23.8 Å². The summed E-state index contributed by atoms with van der Waals surface area (Å²) in [6.45, 7) is 0.663. The summed E-state index contributed by atoms with van der Waals surface area (Å²) in [6, 6.07) is 7.79. The molecule has 9 nitrogen and oxygen atoms in total. The number of nitro groups is 1. The Morgan fingerprint density at radius 2 is 1.93 bits per heavy atom. The molecule has 2 rings (SSSR count). The second kappa shape index (κ2) is 10.6. The van der Waals surface area contributed by atoms with Gasteiger partial charge in [-0.1, -0.05) is 18.2 Å². The van der Waals surface area contributed by atoms with Crippen molar-refractivity contribution in [3.05, 3.63) is 64.0 Å². The quantitative estimate of drug-likeness (QED) is 0.377. The van der Waals surface area contributed by atoms with Gasteiger partial charge in [0.1, 0.15) is 5.82 Å². The molecule has 0 aliphatic heterocycles. The standard InChI is InChI=1S/C20H19FN2O7/c1-3-4-13-5-8-17(18(9-13)28-2)29-12-20(25)30-11-19(24)22-16-10-14(23(26)27)6-7-15(16)21/h3-10H,11-12H2,1-2H3,(H,22,24)/b4-3+. The first kappa shape index (κ1) is 22.3. The van der Waals surface area contributed by atoms with Gasteiger partial charge in [0.25, 0.3) is 11.6 Å². The Hall–Kier alpha value is -3.95. The average Bonchev–Trinajstić information content (AvgIpc) is 2.72. The van der Waals surface area contributed by atoms with Crippen LogP contribution < -0.4 is 14.8 Å². The van der Waals surface area contributed by atoms with E-state index in [1.807, 2.05) is 19.1 Å². The van der Waals surface area contributed by atoms with Crippen LogP contribution in [0.4, 0.5) is 15.8 Å². The summed E-state index contributed by atoms with van der Waals surface area (Å²) in [5.41, 5.74) is 0.0910. The van der Waals surface area contributed by atoms with E-state index in [4.69, 9.17) is 14.2 Å². The molecular weight excluding hydrogens is 399 g/mol. The van der Waals surface area contributed by atoms with Crippen LogP contribution in [0.25, 0.3) is 6.08 Å². The monoisotopic (exact) mass is 418 g/mol. The minimum Gasteiger partial charge on any atom is -0.493 e. The first-order valence-corrected chi connectivity index (χ1v) is 8.67. The van der Waals surface area contributed by atoms with Crippen LogP contribution in [-0.2, 0) is 14.3 Å². The number of methoxy groups -OCH3 is 1. The van der Waals surface area contributed by atoms with Gasteiger partial charge < -0.3 is 19.5 Å². The van der Waals surface area contributed by atoms with Gasteiger partial charge in [-0.15, -0.1) is 0 Å². The topological polar surface area (TPSA) is 117 Å². The molecule has 0 aromatic heterocycles. The van der Waals surface area contributed by atoms with Crippen molar-refractivity contribution in [3.8, 4) is 11.5 Å². The number of rotatable bonds is 9. The zero-order valence-electron chi connectivity index (χ0n) is 16.2. The second-order valence-corrected chi connectivity index (χ2v) is 5.83. The van der Waals surface area contributed by atoms with Crippen LogP contribution in [0.3, 0.4) is 0 Å². The third-order valence-corrected chi connectivity index (χ3v) is 3.69. The van der Waals surface area contributed by atoms with Crippen molar-refractivity contribution in [1.29, 1.82) is 0 Å². The molecule has 0 aliphatic rings. The fraction of sp³-hybridized carbons (Fsp3) is 0.200. The number of amides is 1. The molecular formula is C20H19FN2O7. The highest BCUT2D eigenvalue weighted by Gasteiger charge is 2.15. The third kappa shape index (κ3) is 6.30. The van der Waals surface area contributed by atoms with E-state index in [1.165, 1.54) is 7.11 Å². The van der Waals surface area contributed by atoms with Crippen molar-refractivity contribution in [1.82, 2.24) is 0 Å². The number of hydrogen-bond donors (Lipinski definition) is 1. The average molecular weight is 418 g/mol. The lowest BCUT2D eigenvalue weighted by Crippen LogP contribution is -2.24. The van der Waals surface area contributed by atoms with Gasteiger partial charge in [-0.25, -0.2) is 9.18 Å². The molecule has 0 saturated carbocycles. The Kier molecular flexibility index (Phi) is 7.86. The molecule has 0 atom stereocenters. The van der Waals surface area contributed by atoms with Crippen molar-refractivity contribution < 1.29 is 33.1 Å². The lowest BCUT2D eigenvalue weighted by Gasteiger charge is -2.11. The second-order valence-electron chi connectivity index (χ2n) is 5.83. The number of non-ortho nitro benzene ring substituents is 1. The largest absolute Gasteiger partial charge is 0.493 e. The molecule has 0 spiro atoms. The normalized spacial score (nSPS) is 10.5. The van der Waals surface area contributed by atoms with Crippen molar-refractivity contribution >= 4 is 29.3 Å². The van der Waals surface area contributed by atoms with E-state index in [1.54, 1.807) is 18.2 Å². The SMILES string of the molecule is C/C=C/c1ccc(OCC(=O)OCC(=O)Nc2cc([N+](=O)[O-])ccc2F)c(OC)c1. The molecule has 10 heteroatoms. The molecule has 0 saturated heterocycles. The Morgan fingerprint density at radius 3 is 2.60 bits per heavy atom. The number of anilines is 1. The van der Waals surface area contributed by atoms with Crippen LogP contribution in [0.1, 0.15) is 12.5 Å². The fourth-order valence-corrected chi connectivity index (χ4v) is 2.33. The summed E-state index contributed by atoms with van der Waals surface area (Å²) in [4.78, 5) is 33.6. The van der Waals surface area contributed by atoms with Gasteiger partial charge in [0.05, 0.1) is 17.7 Å². The summed E-state index contributed by atoms with van der Waals surface area (Å²) in [5.74, 6) is -1.85. The molecule has 2 aromatic carbocycles.